The van der Waals surface area contributed by atoms with Gasteiger partial charge in [-0.25, -0.2) is 9.67 Å². The number of fused-ring (bicyclic) bond motifs is 1. The first-order valence-electron chi connectivity index (χ1n) is 7.53. The van der Waals surface area contributed by atoms with E-state index < -0.39 is 6.04 Å². The van der Waals surface area contributed by atoms with Crippen molar-refractivity contribution in [2.24, 2.45) is 5.92 Å². The van der Waals surface area contributed by atoms with Gasteiger partial charge in [-0.05, 0) is 35.4 Å². The molecule has 0 saturated heterocycles. The molecular formula is C15H19N7O. The molecular weight excluding hydrogens is 294 g/mol. The van der Waals surface area contributed by atoms with E-state index in [4.69, 9.17) is 0 Å². The van der Waals surface area contributed by atoms with Gasteiger partial charge in [0.2, 0.25) is 5.91 Å². The summed E-state index contributed by atoms with van der Waals surface area (Å²) in [6.45, 7) is 5.83. The number of aromatic nitrogens is 6. The van der Waals surface area contributed by atoms with Crippen LogP contribution >= 0.6 is 0 Å². The second kappa shape index (κ2) is 6.15. The highest BCUT2D eigenvalue weighted by Crippen LogP contribution is 2.22. The lowest BCUT2D eigenvalue weighted by atomic mass is 10.0. The number of hydrogen-bond acceptors (Lipinski definition) is 5. The largest absolute Gasteiger partial charge is 0.344 e. The molecule has 8 nitrogen and oxygen atoms in total. The third-order valence-electron chi connectivity index (χ3n) is 3.81. The van der Waals surface area contributed by atoms with Crippen LogP contribution in [0.3, 0.4) is 0 Å². The third-order valence-corrected chi connectivity index (χ3v) is 3.81. The number of para-hydroxylation sites is 2. The molecule has 1 aromatic carbocycles. The standard InChI is InChI=1S/C15H19N7O/c1-9(2)13(14-17-11-6-4-5-7-12(11)18-14)19-15(23)10(3)22-8-16-20-21-22/h4-10,13H,1-3H3,(H,17,18)(H,19,23)/t10-,13-/m0/s1. The van der Waals surface area contributed by atoms with Crippen molar-refractivity contribution in [3.8, 4) is 0 Å². The van der Waals surface area contributed by atoms with Crippen molar-refractivity contribution in [2.45, 2.75) is 32.9 Å². The van der Waals surface area contributed by atoms with Crippen LogP contribution in [-0.2, 0) is 4.79 Å². The summed E-state index contributed by atoms with van der Waals surface area (Å²) in [7, 11) is 0. The molecule has 0 spiro atoms. The molecule has 0 saturated carbocycles. The zero-order valence-electron chi connectivity index (χ0n) is 13.3. The van der Waals surface area contributed by atoms with E-state index in [-0.39, 0.29) is 17.9 Å². The maximum absolute atomic E-state index is 12.5. The van der Waals surface area contributed by atoms with E-state index in [1.807, 2.05) is 38.1 Å². The van der Waals surface area contributed by atoms with E-state index >= 15 is 0 Å². The van der Waals surface area contributed by atoms with Crippen LogP contribution < -0.4 is 5.32 Å². The first kappa shape index (κ1) is 15.1. The zero-order valence-corrected chi connectivity index (χ0v) is 13.3. The van der Waals surface area contributed by atoms with Crippen molar-refractivity contribution in [1.82, 2.24) is 35.5 Å². The molecule has 0 aliphatic heterocycles. The summed E-state index contributed by atoms with van der Waals surface area (Å²) in [5, 5.41) is 13.9. The number of imidazole rings is 1. The van der Waals surface area contributed by atoms with Crippen LogP contribution in [0.1, 0.15) is 38.7 Å². The Kier molecular flexibility index (Phi) is 4.05. The van der Waals surface area contributed by atoms with Gasteiger partial charge in [0, 0.05) is 0 Å². The van der Waals surface area contributed by atoms with Crippen molar-refractivity contribution in [3.05, 3.63) is 36.4 Å². The van der Waals surface area contributed by atoms with Crippen molar-refractivity contribution in [1.29, 1.82) is 0 Å². The van der Waals surface area contributed by atoms with Crippen LogP contribution in [0, 0.1) is 5.92 Å². The number of rotatable bonds is 5. The van der Waals surface area contributed by atoms with Gasteiger partial charge in [-0.1, -0.05) is 26.0 Å². The number of H-pyrrole nitrogens is 1. The fraction of sp³-hybridized carbons (Fsp3) is 0.400. The highest BCUT2D eigenvalue weighted by molar-refractivity contribution is 5.80. The van der Waals surface area contributed by atoms with Crippen molar-refractivity contribution >= 4 is 16.9 Å². The van der Waals surface area contributed by atoms with Crippen LogP contribution in [0.15, 0.2) is 30.6 Å². The molecule has 8 heteroatoms. The summed E-state index contributed by atoms with van der Waals surface area (Å²) in [6, 6.07) is 7.10. The van der Waals surface area contributed by atoms with Gasteiger partial charge in [0.15, 0.2) is 0 Å². The highest BCUT2D eigenvalue weighted by Gasteiger charge is 2.25. The predicted molar refractivity (Wildman–Crippen MR) is 84.3 cm³/mol. The maximum atomic E-state index is 12.5. The minimum atomic E-state index is -0.490. The SMILES string of the molecule is CC(C)[C@H](NC(=O)[C@H](C)n1cnnn1)c1nc2ccccc2[nH]1. The Hall–Kier alpha value is -2.77. The molecule has 3 rings (SSSR count). The van der Waals surface area contributed by atoms with Crippen molar-refractivity contribution in [2.75, 3.05) is 0 Å². The summed E-state index contributed by atoms with van der Waals surface area (Å²) < 4.78 is 1.42. The quantitative estimate of drug-likeness (QED) is 0.745. The Morgan fingerprint density at radius 3 is 2.70 bits per heavy atom. The van der Waals surface area contributed by atoms with Gasteiger partial charge >= 0.3 is 0 Å². The van der Waals surface area contributed by atoms with Gasteiger partial charge in [0.05, 0.1) is 17.1 Å². The topological polar surface area (TPSA) is 101 Å². The molecule has 0 radical (unpaired) electrons. The maximum Gasteiger partial charge on any atom is 0.245 e. The monoisotopic (exact) mass is 313 g/mol. The average Bonchev–Trinajstić information content (AvgIpc) is 3.19. The molecule has 3 aromatic rings. The van der Waals surface area contributed by atoms with E-state index in [0.717, 1.165) is 16.9 Å². The van der Waals surface area contributed by atoms with Crippen LogP contribution in [0.25, 0.3) is 11.0 Å². The van der Waals surface area contributed by atoms with Gasteiger partial charge in [0.1, 0.15) is 18.2 Å². The summed E-state index contributed by atoms with van der Waals surface area (Å²) in [5.41, 5.74) is 1.84. The molecule has 0 aliphatic carbocycles. The van der Waals surface area contributed by atoms with E-state index in [1.165, 1.54) is 11.0 Å². The normalized spacial score (nSPS) is 14.1. The summed E-state index contributed by atoms with van der Waals surface area (Å²) in [5.74, 6) is 0.774. The predicted octanol–water partition coefficient (Wildman–Crippen LogP) is 1.62. The zero-order chi connectivity index (χ0) is 16.4. The third kappa shape index (κ3) is 3.05. The number of nitrogens with one attached hydrogen (secondary N) is 2. The van der Waals surface area contributed by atoms with Gasteiger partial charge in [0.25, 0.3) is 0 Å². The lowest BCUT2D eigenvalue weighted by Crippen LogP contribution is -2.37. The van der Waals surface area contributed by atoms with Gasteiger partial charge < -0.3 is 10.3 Å². The highest BCUT2D eigenvalue weighted by atomic mass is 16.2. The molecule has 1 amide bonds. The van der Waals surface area contributed by atoms with Crippen molar-refractivity contribution < 1.29 is 4.79 Å². The van der Waals surface area contributed by atoms with Crippen LogP contribution in [0.4, 0.5) is 0 Å². The molecule has 23 heavy (non-hydrogen) atoms. The molecule has 2 N–H and O–H groups in total. The van der Waals surface area contributed by atoms with E-state index in [2.05, 4.69) is 30.8 Å². The van der Waals surface area contributed by atoms with Crippen LogP contribution in [0.2, 0.25) is 0 Å². The van der Waals surface area contributed by atoms with Crippen molar-refractivity contribution in [3.63, 3.8) is 0 Å². The molecule has 2 atom stereocenters. The fourth-order valence-electron chi connectivity index (χ4n) is 2.41. The molecule has 0 bridgehead atoms. The first-order chi connectivity index (χ1) is 11.1. The summed E-state index contributed by atoms with van der Waals surface area (Å²) in [6.07, 6.45) is 1.43. The minimum Gasteiger partial charge on any atom is -0.344 e. The number of carbonyl (C=O) groups excluding carboxylic acids is 1. The lowest BCUT2D eigenvalue weighted by Gasteiger charge is -2.22. The molecule has 120 valence electrons. The average molecular weight is 313 g/mol. The second-order valence-electron chi connectivity index (χ2n) is 5.84. The minimum absolute atomic E-state index is 0.156. The number of benzene rings is 1. The number of aromatic amines is 1. The fourth-order valence-corrected chi connectivity index (χ4v) is 2.41. The number of tetrazole rings is 1. The Bertz CT molecular complexity index is 760. The van der Waals surface area contributed by atoms with E-state index in [0.29, 0.717) is 0 Å². The molecule has 0 fully saturated rings. The smallest absolute Gasteiger partial charge is 0.245 e. The molecule has 2 aromatic heterocycles. The number of hydrogen-bond donors (Lipinski definition) is 2. The lowest BCUT2D eigenvalue weighted by molar-refractivity contribution is -0.125. The molecule has 0 aliphatic rings. The molecule has 0 unspecified atom stereocenters. The van der Waals surface area contributed by atoms with Crippen LogP contribution in [-0.4, -0.2) is 36.1 Å². The Labute approximate surface area is 133 Å². The van der Waals surface area contributed by atoms with E-state index in [1.54, 1.807) is 6.92 Å². The van der Waals surface area contributed by atoms with Gasteiger partial charge in [-0.3, -0.25) is 4.79 Å². The summed E-state index contributed by atoms with van der Waals surface area (Å²) in [4.78, 5) is 20.4. The van der Waals surface area contributed by atoms with Gasteiger partial charge in [-0.15, -0.1) is 5.10 Å². The Morgan fingerprint density at radius 1 is 1.26 bits per heavy atom. The molecule has 2 heterocycles. The Morgan fingerprint density at radius 2 is 2.04 bits per heavy atom. The number of amides is 1. The Balaban J connectivity index is 1.83. The van der Waals surface area contributed by atoms with E-state index in [9.17, 15) is 4.79 Å². The van der Waals surface area contributed by atoms with Crippen LogP contribution in [0.5, 0.6) is 0 Å². The van der Waals surface area contributed by atoms with Gasteiger partial charge in [-0.2, -0.15) is 0 Å². The first-order valence-corrected chi connectivity index (χ1v) is 7.53. The summed E-state index contributed by atoms with van der Waals surface area (Å²) >= 11 is 0. The number of carbonyl (C=O) groups is 1. The number of nitrogens with zero attached hydrogens (tertiary/aromatic N) is 5. The second-order valence-corrected chi connectivity index (χ2v) is 5.84.